The molecule has 20 heavy (non-hydrogen) atoms. The minimum absolute atomic E-state index is 0.0797. The molecule has 0 N–H and O–H groups in total. The zero-order valence-electron chi connectivity index (χ0n) is 10.3. The largest absolute Gasteiger partial charge is 0.292 e. The molecule has 0 aliphatic carbocycles. The number of rotatable bonds is 2. The monoisotopic (exact) mass is 400 g/mol. The number of carbonyl (C=O) groups excluding carboxylic acids is 1. The highest BCUT2D eigenvalue weighted by Crippen LogP contribution is 2.42. The van der Waals surface area contributed by atoms with Crippen molar-refractivity contribution < 1.29 is 9.18 Å². The van der Waals surface area contributed by atoms with Gasteiger partial charge in [0.1, 0.15) is 11.2 Å². The van der Waals surface area contributed by atoms with Crippen LogP contribution in [0.3, 0.4) is 0 Å². The maximum absolute atomic E-state index is 14.1. The molecule has 6 heteroatoms. The van der Waals surface area contributed by atoms with E-state index in [-0.39, 0.29) is 17.1 Å². The predicted octanol–water partition coefficient (Wildman–Crippen LogP) is 3.60. The standard InChI is InChI=1S/C14H10FIN2OS/c15-11-6-10(16)3-4-12(11)18-13(19)8-20-14(18)9-2-1-5-17-7-9/h1-7,14H,8H2. The third-order valence-corrected chi connectivity index (χ3v) is 4.89. The maximum Gasteiger partial charge on any atom is 0.238 e. The number of nitrogens with zero attached hydrogens (tertiary/aromatic N) is 2. The van der Waals surface area contributed by atoms with E-state index in [0.29, 0.717) is 11.4 Å². The zero-order chi connectivity index (χ0) is 14.1. The maximum atomic E-state index is 14.1. The summed E-state index contributed by atoms with van der Waals surface area (Å²) < 4.78 is 14.9. The van der Waals surface area contributed by atoms with Gasteiger partial charge in [-0.05, 0) is 46.9 Å². The van der Waals surface area contributed by atoms with Crippen molar-refractivity contribution in [2.24, 2.45) is 0 Å². The molecule has 1 saturated heterocycles. The van der Waals surface area contributed by atoms with Crippen LogP contribution in [0.5, 0.6) is 0 Å². The Morgan fingerprint density at radius 2 is 2.25 bits per heavy atom. The molecule has 0 bridgehead atoms. The molecule has 0 spiro atoms. The van der Waals surface area contributed by atoms with Crippen molar-refractivity contribution in [3.05, 3.63) is 57.7 Å². The lowest BCUT2D eigenvalue weighted by Gasteiger charge is -2.24. The lowest BCUT2D eigenvalue weighted by atomic mass is 10.2. The summed E-state index contributed by atoms with van der Waals surface area (Å²) in [7, 11) is 0. The van der Waals surface area contributed by atoms with Gasteiger partial charge in [-0.15, -0.1) is 11.8 Å². The summed E-state index contributed by atoms with van der Waals surface area (Å²) >= 11 is 3.54. The normalized spacial score (nSPS) is 18.6. The molecule has 1 amide bonds. The first-order chi connectivity index (χ1) is 9.66. The molecule has 102 valence electrons. The van der Waals surface area contributed by atoms with Gasteiger partial charge in [-0.3, -0.25) is 14.7 Å². The molecule has 3 nitrogen and oxygen atoms in total. The van der Waals surface area contributed by atoms with E-state index in [9.17, 15) is 9.18 Å². The fourth-order valence-corrected chi connectivity index (χ4v) is 3.73. The topological polar surface area (TPSA) is 33.2 Å². The van der Waals surface area contributed by atoms with Crippen molar-refractivity contribution in [1.82, 2.24) is 4.98 Å². The van der Waals surface area contributed by atoms with Gasteiger partial charge in [0.05, 0.1) is 11.4 Å². The molecule has 3 rings (SSSR count). The molecule has 1 unspecified atom stereocenters. The minimum atomic E-state index is -0.373. The van der Waals surface area contributed by atoms with Crippen molar-refractivity contribution in [2.45, 2.75) is 5.37 Å². The van der Waals surface area contributed by atoms with Crippen LogP contribution in [0.15, 0.2) is 42.7 Å². The van der Waals surface area contributed by atoms with Crippen LogP contribution in [-0.4, -0.2) is 16.6 Å². The van der Waals surface area contributed by atoms with Gasteiger partial charge >= 0.3 is 0 Å². The number of hydrogen-bond acceptors (Lipinski definition) is 3. The molecular weight excluding hydrogens is 390 g/mol. The third-order valence-electron chi connectivity index (χ3n) is 3.01. The van der Waals surface area contributed by atoms with Crippen LogP contribution in [0.25, 0.3) is 0 Å². The van der Waals surface area contributed by atoms with E-state index in [2.05, 4.69) is 4.98 Å². The van der Waals surface area contributed by atoms with Gasteiger partial charge in [-0.2, -0.15) is 0 Å². The Kier molecular flexibility index (Phi) is 3.93. The quantitative estimate of drug-likeness (QED) is 0.723. The highest BCUT2D eigenvalue weighted by atomic mass is 127. The Morgan fingerprint density at radius 1 is 1.40 bits per heavy atom. The van der Waals surface area contributed by atoms with Crippen LogP contribution in [0.2, 0.25) is 0 Å². The summed E-state index contributed by atoms with van der Waals surface area (Å²) in [5.41, 5.74) is 1.23. The van der Waals surface area contributed by atoms with E-state index in [1.165, 1.54) is 22.7 Å². The number of carbonyl (C=O) groups is 1. The van der Waals surface area contributed by atoms with E-state index >= 15 is 0 Å². The van der Waals surface area contributed by atoms with Crippen molar-refractivity contribution in [3.63, 3.8) is 0 Å². The van der Waals surface area contributed by atoms with Gasteiger partial charge in [0.15, 0.2) is 0 Å². The van der Waals surface area contributed by atoms with Crippen molar-refractivity contribution in [1.29, 1.82) is 0 Å². The van der Waals surface area contributed by atoms with Gasteiger partial charge in [0, 0.05) is 21.5 Å². The second-order valence-corrected chi connectivity index (χ2v) is 6.62. The van der Waals surface area contributed by atoms with E-state index in [4.69, 9.17) is 0 Å². The summed E-state index contributed by atoms with van der Waals surface area (Å²) in [4.78, 5) is 17.7. The van der Waals surface area contributed by atoms with Crippen molar-refractivity contribution >= 4 is 45.9 Å². The number of pyridine rings is 1. The molecule has 1 fully saturated rings. The number of hydrogen-bond donors (Lipinski definition) is 0. The summed E-state index contributed by atoms with van der Waals surface area (Å²) in [6.07, 6.45) is 3.40. The summed E-state index contributed by atoms with van der Waals surface area (Å²) in [6, 6.07) is 8.62. The minimum Gasteiger partial charge on any atom is -0.292 e. The molecule has 2 heterocycles. The average molecular weight is 400 g/mol. The second kappa shape index (κ2) is 5.69. The Bertz CT molecular complexity index is 653. The number of amides is 1. The molecule has 0 radical (unpaired) electrons. The lowest BCUT2D eigenvalue weighted by molar-refractivity contribution is -0.115. The first kappa shape index (κ1) is 13.8. The van der Waals surface area contributed by atoms with E-state index in [0.717, 1.165) is 9.13 Å². The number of halogens is 2. The van der Waals surface area contributed by atoms with Crippen LogP contribution >= 0.6 is 34.4 Å². The van der Waals surface area contributed by atoms with Gasteiger partial charge in [-0.25, -0.2) is 4.39 Å². The van der Waals surface area contributed by atoms with Gasteiger partial charge in [0.2, 0.25) is 5.91 Å². The van der Waals surface area contributed by atoms with E-state index in [1.54, 1.807) is 24.5 Å². The zero-order valence-corrected chi connectivity index (χ0v) is 13.3. The predicted molar refractivity (Wildman–Crippen MR) is 86.0 cm³/mol. The van der Waals surface area contributed by atoms with Gasteiger partial charge in [-0.1, -0.05) is 6.07 Å². The fourth-order valence-electron chi connectivity index (χ4n) is 2.13. The molecule has 1 atom stereocenters. The molecule has 1 aromatic carbocycles. The van der Waals surface area contributed by atoms with Crippen LogP contribution in [0, 0.1) is 9.39 Å². The van der Waals surface area contributed by atoms with Crippen LogP contribution in [-0.2, 0) is 4.79 Å². The summed E-state index contributed by atoms with van der Waals surface area (Å²) in [5, 5.41) is -0.217. The Balaban J connectivity index is 2.03. The summed E-state index contributed by atoms with van der Waals surface area (Å²) in [6.45, 7) is 0. The number of benzene rings is 1. The Labute approximate surface area is 133 Å². The van der Waals surface area contributed by atoms with Crippen molar-refractivity contribution in [3.8, 4) is 0 Å². The van der Waals surface area contributed by atoms with Crippen LogP contribution in [0.4, 0.5) is 10.1 Å². The van der Waals surface area contributed by atoms with E-state index in [1.807, 2.05) is 34.7 Å². The molecule has 2 aromatic rings. The van der Waals surface area contributed by atoms with Gasteiger partial charge < -0.3 is 0 Å². The first-order valence-electron chi connectivity index (χ1n) is 5.95. The molecule has 1 aliphatic heterocycles. The third kappa shape index (κ3) is 2.54. The van der Waals surface area contributed by atoms with Crippen LogP contribution in [0.1, 0.15) is 10.9 Å². The number of aromatic nitrogens is 1. The highest BCUT2D eigenvalue weighted by molar-refractivity contribution is 14.1. The smallest absolute Gasteiger partial charge is 0.238 e. The number of anilines is 1. The van der Waals surface area contributed by atoms with E-state index < -0.39 is 0 Å². The van der Waals surface area contributed by atoms with Gasteiger partial charge in [0.25, 0.3) is 0 Å². The second-order valence-electron chi connectivity index (χ2n) is 4.31. The fraction of sp³-hybridized carbons (Fsp3) is 0.143. The van der Waals surface area contributed by atoms with Crippen LogP contribution < -0.4 is 4.90 Å². The summed E-state index contributed by atoms with van der Waals surface area (Å²) in [5.74, 6) is -0.101. The first-order valence-corrected chi connectivity index (χ1v) is 8.08. The average Bonchev–Trinajstić information content (AvgIpc) is 2.82. The highest BCUT2D eigenvalue weighted by Gasteiger charge is 2.35. The number of thioether (sulfide) groups is 1. The molecule has 1 aromatic heterocycles. The molecular formula is C14H10FIN2OS. The Hall–Kier alpha value is -1.15. The SMILES string of the molecule is O=C1CSC(c2cccnc2)N1c1ccc(I)cc1F. The lowest BCUT2D eigenvalue weighted by Crippen LogP contribution is -2.28. The van der Waals surface area contributed by atoms with Crippen molar-refractivity contribution in [2.75, 3.05) is 10.7 Å². The molecule has 1 aliphatic rings. The molecule has 0 saturated carbocycles. The Morgan fingerprint density at radius 3 is 2.95 bits per heavy atom.